The maximum absolute atomic E-state index is 12.8. The van der Waals surface area contributed by atoms with Crippen molar-refractivity contribution < 1.29 is 49.2 Å². The maximum Gasteiger partial charge on any atom is 0.326 e. The van der Waals surface area contributed by atoms with E-state index in [1.165, 1.54) is 24.3 Å². The zero-order chi connectivity index (χ0) is 28.3. The van der Waals surface area contributed by atoms with Gasteiger partial charge in [-0.2, -0.15) is 0 Å². The van der Waals surface area contributed by atoms with Gasteiger partial charge in [0.15, 0.2) is 0 Å². The number of carbonyl (C=O) groups excluding carboxylic acids is 4. The van der Waals surface area contributed by atoms with Crippen LogP contribution in [0.4, 0.5) is 0 Å². The normalized spacial score (nSPS) is 14.8. The van der Waals surface area contributed by atoms with E-state index in [0.717, 1.165) is 6.92 Å². The third-order valence-electron chi connectivity index (χ3n) is 5.09. The molecule has 1 aromatic carbocycles. The minimum atomic E-state index is -1.72. The van der Waals surface area contributed by atoms with Crippen LogP contribution in [0, 0.1) is 0 Å². The molecule has 0 heterocycles. The number of phenolic OH excluding ortho intramolecular Hbond substituents is 1. The number of amides is 4. The van der Waals surface area contributed by atoms with E-state index in [1.54, 1.807) is 0 Å². The van der Waals surface area contributed by atoms with Crippen LogP contribution in [0.25, 0.3) is 0 Å². The molecule has 0 fully saturated rings. The Morgan fingerprint density at radius 1 is 0.892 bits per heavy atom. The second kappa shape index (κ2) is 14.4. The van der Waals surface area contributed by atoms with Crippen molar-refractivity contribution in [2.75, 3.05) is 0 Å². The van der Waals surface area contributed by atoms with E-state index in [4.69, 9.17) is 16.6 Å². The molecular formula is C22H31N5O10. The molecule has 5 atom stereocenters. The minimum Gasteiger partial charge on any atom is -0.508 e. The van der Waals surface area contributed by atoms with Gasteiger partial charge in [0.25, 0.3) is 0 Å². The molecule has 1 rings (SSSR count). The number of hydrogen-bond acceptors (Lipinski definition) is 9. The predicted molar refractivity (Wildman–Crippen MR) is 126 cm³/mol. The van der Waals surface area contributed by atoms with Crippen molar-refractivity contribution in [1.82, 2.24) is 16.0 Å². The molecule has 0 bridgehead atoms. The van der Waals surface area contributed by atoms with E-state index in [0.29, 0.717) is 5.56 Å². The monoisotopic (exact) mass is 525 g/mol. The van der Waals surface area contributed by atoms with Gasteiger partial charge in [-0.05, 0) is 37.5 Å². The molecule has 0 saturated heterocycles. The van der Waals surface area contributed by atoms with Crippen molar-refractivity contribution in [3.05, 3.63) is 29.8 Å². The molecular weight excluding hydrogens is 494 g/mol. The number of carbonyl (C=O) groups is 6. The molecule has 15 heteroatoms. The predicted octanol–water partition coefficient (Wildman–Crippen LogP) is -3.08. The summed E-state index contributed by atoms with van der Waals surface area (Å²) in [6.45, 7) is 1.12. The Hall–Kier alpha value is -4.24. The number of nitrogens with one attached hydrogen (secondary N) is 3. The maximum atomic E-state index is 12.8. The van der Waals surface area contributed by atoms with Crippen LogP contribution in [-0.2, 0) is 35.2 Å². The number of benzene rings is 1. The highest BCUT2D eigenvalue weighted by Crippen LogP contribution is 2.11. The third kappa shape index (κ3) is 10.9. The van der Waals surface area contributed by atoms with Gasteiger partial charge in [0, 0.05) is 6.42 Å². The smallest absolute Gasteiger partial charge is 0.326 e. The van der Waals surface area contributed by atoms with E-state index in [2.05, 4.69) is 10.6 Å². The molecule has 0 aliphatic carbocycles. The van der Waals surface area contributed by atoms with Crippen LogP contribution in [0.1, 0.15) is 31.7 Å². The summed E-state index contributed by atoms with van der Waals surface area (Å²) in [5, 5.41) is 43.7. The molecule has 0 aliphatic heterocycles. The van der Waals surface area contributed by atoms with Gasteiger partial charge in [-0.25, -0.2) is 4.79 Å². The second-order valence-corrected chi connectivity index (χ2v) is 8.27. The molecule has 5 unspecified atom stereocenters. The van der Waals surface area contributed by atoms with Crippen LogP contribution < -0.4 is 27.4 Å². The lowest BCUT2D eigenvalue weighted by Crippen LogP contribution is -2.60. The molecule has 0 saturated carbocycles. The Bertz CT molecular complexity index is 998. The summed E-state index contributed by atoms with van der Waals surface area (Å²) in [6.07, 6.45) is -3.26. The highest BCUT2D eigenvalue weighted by atomic mass is 16.4. The van der Waals surface area contributed by atoms with E-state index < -0.39 is 85.1 Å². The Labute approximate surface area is 211 Å². The first-order chi connectivity index (χ1) is 17.2. The van der Waals surface area contributed by atoms with Gasteiger partial charge in [-0.3, -0.25) is 24.0 Å². The highest BCUT2D eigenvalue weighted by Gasteiger charge is 2.33. The number of hydrogen-bond donors (Lipinski definition) is 9. The zero-order valence-electron chi connectivity index (χ0n) is 19.9. The van der Waals surface area contributed by atoms with E-state index in [-0.39, 0.29) is 12.2 Å². The van der Waals surface area contributed by atoms with Crippen LogP contribution in [-0.4, -0.2) is 86.3 Å². The summed E-state index contributed by atoms with van der Waals surface area (Å²) in [5.41, 5.74) is 11.6. The molecule has 0 radical (unpaired) electrons. The molecule has 4 amide bonds. The van der Waals surface area contributed by atoms with Crippen molar-refractivity contribution in [2.45, 2.75) is 62.9 Å². The summed E-state index contributed by atoms with van der Waals surface area (Å²) < 4.78 is 0. The number of primary amides is 1. The van der Waals surface area contributed by atoms with Crippen LogP contribution in [0.2, 0.25) is 0 Å². The SMILES string of the molecule is CC(O)C(NC(=O)C(CC(N)=O)NC(=O)C(N)Cc1ccc(O)cc1)C(=O)NC(CCC(=O)O)C(=O)O. The van der Waals surface area contributed by atoms with Crippen molar-refractivity contribution in [2.24, 2.45) is 11.5 Å². The number of aromatic hydroxyl groups is 1. The molecule has 0 aromatic heterocycles. The molecule has 37 heavy (non-hydrogen) atoms. The van der Waals surface area contributed by atoms with Gasteiger partial charge in [0.2, 0.25) is 23.6 Å². The first kappa shape index (κ1) is 30.8. The Balaban J connectivity index is 2.93. The number of nitrogens with two attached hydrogens (primary N) is 2. The highest BCUT2D eigenvalue weighted by molar-refractivity contribution is 5.96. The van der Waals surface area contributed by atoms with Gasteiger partial charge in [0.05, 0.1) is 18.6 Å². The lowest BCUT2D eigenvalue weighted by Gasteiger charge is -2.26. The van der Waals surface area contributed by atoms with Crippen molar-refractivity contribution >= 4 is 35.6 Å². The number of aliphatic hydroxyl groups is 1. The number of carboxylic acid groups (broad SMARTS) is 2. The van der Waals surface area contributed by atoms with E-state index in [1.807, 2.05) is 5.32 Å². The average Bonchev–Trinajstić information content (AvgIpc) is 2.79. The summed E-state index contributed by atoms with van der Waals surface area (Å²) in [6, 6.07) is -0.271. The number of aliphatic hydroxyl groups excluding tert-OH is 1. The standard InChI is InChI=1S/C22H31N5O10/c1-10(28)18(21(35)25-14(22(36)37)6-7-17(31)32)27-20(34)15(9-16(24)30)26-19(33)13(23)8-11-2-4-12(29)5-3-11/h2-5,10,13-15,18,28-29H,6-9,23H2,1H3,(H2,24,30)(H,25,35)(H,26,33)(H,27,34)(H,31,32)(H,36,37). The lowest BCUT2D eigenvalue weighted by atomic mass is 10.0. The summed E-state index contributed by atoms with van der Waals surface area (Å²) in [5.74, 6) is -6.89. The van der Waals surface area contributed by atoms with Crippen LogP contribution in [0.15, 0.2) is 24.3 Å². The van der Waals surface area contributed by atoms with Gasteiger partial charge in [-0.15, -0.1) is 0 Å². The van der Waals surface area contributed by atoms with E-state index in [9.17, 15) is 44.1 Å². The first-order valence-electron chi connectivity index (χ1n) is 11.1. The molecule has 1 aromatic rings. The largest absolute Gasteiger partial charge is 0.508 e. The Morgan fingerprint density at radius 3 is 1.95 bits per heavy atom. The topological polar surface area (TPSA) is 271 Å². The molecule has 11 N–H and O–H groups in total. The fraction of sp³-hybridized carbons (Fsp3) is 0.455. The van der Waals surface area contributed by atoms with Crippen LogP contribution in [0.3, 0.4) is 0 Å². The zero-order valence-corrected chi connectivity index (χ0v) is 19.9. The third-order valence-corrected chi connectivity index (χ3v) is 5.09. The van der Waals surface area contributed by atoms with Crippen molar-refractivity contribution in [3.8, 4) is 5.75 Å². The van der Waals surface area contributed by atoms with Gasteiger partial charge in [-0.1, -0.05) is 12.1 Å². The molecule has 204 valence electrons. The lowest BCUT2D eigenvalue weighted by molar-refractivity contribution is -0.144. The summed E-state index contributed by atoms with van der Waals surface area (Å²) in [7, 11) is 0. The molecule has 0 aliphatic rings. The number of rotatable bonds is 15. The number of aliphatic carboxylic acids is 2. The van der Waals surface area contributed by atoms with Gasteiger partial charge >= 0.3 is 11.9 Å². The molecule has 15 nitrogen and oxygen atoms in total. The Morgan fingerprint density at radius 2 is 1.46 bits per heavy atom. The second-order valence-electron chi connectivity index (χ2n) is 8.27. The quantitative estimate of drug-likeness (QED) is 0.111. The molecule has 0 spiro atoms. The fourth-order valence-electron chi connectivity index (χ4n) is 3.11. The minimum absolute atomic E-state index is 0.00762. The van der Waals surface area contributed by atoms with Crippen molar-refractivity contribution in [1.29, 1.82) is 0 Å². The Kier molecular flexibility index (Phi) is 11.9. The summed E-state index contributed by atoms with van der Waals surface area (Å²) in [4.78, 5) is 71.5. The van der Waals surface area contributed by atoms with Gasteiger partial charge < -0.3 is 47.8 Å². The fourth-order valence-corrected chi connectivity index (χ4v) is 3.11. The van der Waals surface area contributed by atoms with Gasteiger partial charge in [0.1, 0.15) is 23.9 Å². The van der Waals surface area contributed by atoms with E-state index >= 15 is 0 Å². The van der Waals surface area contributed by atoms with Crippen LogP contribution >= 0.6 is 0 Å². The van der Waals surface area contributed by atoms with Crippen molar-refractivity contribution in [3.63, 3.8) is 0 Å². The number of phenols is 1. The summed E-state index contributed by atoms with van der Waals surface area (Å²) >= 11 is 0. The first-order valence-corrected chi connectivity index (χ1v) is 11.1. The number of carboxylic acids is 2. The van der Waals surface area contributed by atoms with Crippen LogP contribution in [0.5, 0.6) is 5.75 Å². The average molecular weight is 526 g/mol.